The van der Waals surface area contributed by atoms with Crippen LogP contribution in [0, 0.1) is 0 Å². The van der Waals surface area contributed by atoms with Crippen LogP contribution in [0.4, 0.5) is 0 Å². The van der Waals surface area contributed by atoms with Crippen molar-refractivity contribution in [3.05, 3.63) is 176 Å². The summed E-state index contributed by atoms with van der Waals surface area (Å²) in [7, 11) is 0. The van der Waals surface area contributed by atoms with E-state index in [0.29, 0.717) is 5.95 Å². The van der Waals surface area contributed by atoms with Gasteiger partial charge >= 0.3 is 0 Å². The number of para-hydroxylation sites is 4. The lowest BCUT2D eigenvalue weighted by Gasteiger charge is -2.13. The molecule has 0 atom stereocenters. The molecule has 58 heavy (non-hydrogen) atoms. The van der Waals surface area contributed by atoms with E-state index >= 15 is 0 Å². The number of hydrogen-bond donors (Lipinski definition) is 0. The molecular weight excluding hydrogens is 727 g/mol. The first-order valence-electron chi connectivity index (χ1n) is 19.7. The number of fused-ring (bicyclic) bond motifs is 16. The summed E-state index contributed by atoms with van der Waals surface area (Å²) in [4.78, 5) is 12.1. The van der Waals surface area contributed by atoms with Crippen molar-refractivity contribution in [2.24, 2.45) is 0 Å². The molecule has 0 unspecified atom stereocenters. The maximum absolute atomic E-state index is 5.74. The van der Waals surface area contributed by atoms with E-state index in [1.54, 1.807) is 11.3 Å². The molecule has 0 bridgehead atoms. The van der Waals surface area contributed by atoms with E-state index in [0.717, 1.165) is 43.5 Å². The fourth-order valence-corrected chi connectivity index (χ4v) is 11.1. The van der Waals surface area contributed by atoms with E-state index in [-0.39, 0.29) is 0 Å². The average molecular weight is 756 g/mol. The number of hydrogen-bond acceptors (Lipinski definition) is 3. The Morgan fingerprint density at radius 1 is 0.362 bits per heavy atom. The van der Waals surface area contributed by atoms with E-state index in [4.69, 9.17) is 9.97 Å². The maximum atomic E-state index is 5.74. The normalized spacial score (nSPS) is 12.5. The number of benzene rings is 8. The van der Waals surface area contributed by atoms with E-state index in [9.17, 15) is 0 Å². The highest BCUT2D eigenvalue weighted by molar-refractivity contribution is 7.25. The van der Waals surface area contributed by atoms with Crippen molar-refractivity contribution in [2.45, 2.75) is 0 Å². The van der Waals surface area contributed by atoms with Crippen LogP contribution in [0.5, 0.6) is 0 Å². The molecule has 0 saturated heterocycles. The van der Waals surface area contributed by atoms with Crippen molar-refractivity contribution in [3.63, 3.8) is 0 Å². The van der Waals surface area contributed by atoms with Crippen LogP contribution < -0.4 is 0 Å². The summed E-state index contributed by atoms with van der Waals surface area (Å²) in [6.45, 7) is 0. The molecule has 14 aromatic rings. The van der Waals surface area contributed by atoms with Gasteiger partial charge in [0.05, 0.1) is 44.0 Å². The fraction of sp³-hybridized carbons (Fsp3) is 0. The smallest absolute Gasteiger partial charge is 0.238 e. The van der Waals surface area contributed by atoms with Gasteiger partial charge in [-0.3, -0.25) is 9.13 Å². The number of nitrogens with zero attached hydrogens (tertiary/aromatic N) is 5. The summed E-state index contributed by atoms with van der Waals surface area (Å²) in [5.74, 6) is 1.55. The Morgan fingerprint density at radius 2 is 0.931 bits per heavy atom. The Morgan fingerprint density at radius 3 is 1.67 bits per heavy atom. The molecule has 14 rings (SSSR count). The van der Waals surface area contributed by atoms with Crippen LogP contribution in [0.25, 0.3) is 125 Å². The lowest BCUT2D eigenvalue weighted by atomic mass is 10.0. The third-order valence-corrected chi connectivity index (χ3v) is 13.5. The highest BCUT2D eigenvalue weighted by Gasteiger charge is 2.27. The van der Waals surface area contributed by atoms with Crippen LogP contribution >= 0.6 is 11.3 Å². The first-order valence-corrected chi connectivity index (χ1v) is 20.5. The molecule has 0 radical (unpaired) electrons. The molecule has 5 nitrogen and oxygen atoms in total. The molecule has 268 valence electrons. The van der Waals surface area contributed by atoms with Gasteiger partial charge in [0.1, 0.15) is 4.83 Å². The summed E-state index contributed by atoms with van der Waals surface area (Å²) in [6, 6.07) is 63.8. The molecular formula is C52H29N5S. The molecule has 0 N–H and O–H groups in total. The van der Waals surface area contributed by atoms with Crippen molar-refractivity contribution in [3.8, 4) is 22.9 Å². The second-order valence-electron chi connectivity index (χ2n) is 15.3. The van der Waals surface area contributed by atoms with Gasteiger partial charge in [-0.25, -0.2) is 4.98 Å². The van der Waals surface area contributed by atoms with Crippen molar-refractivity contribution in [1.29, 1.82) is 0 Å². The van der Waals surface area contributed by atoms with Crippen molar-refractivity contribution in [1.82, 2.24) is 23.5 Å². The maximum Gasteiger partial charge on any atom is 0.238 e. The van der Waals surface area contributed by atoms with Gasteiger partial charge < -0.3 is 4.40 Å². The zero-order chi connectivity index (χ0) is 37.6. The monoisotopic (exact) mass is 755 g/mol. The van der Waals surface area contributed by atoms with Crippen LogP contribution in [0.15, 0.2) is 176 Å². The molecule has 0 aliphatic heterocycles. The molecule has 0 aliphatic carbocycles. The van der Waals surface area contributed by atoms with Gasteiger partial charge in [0.25, 0.3) is 0 Å². The third-order valence-electron chi connectivity index (χ3n) is 12.4. The predicted molar refractivity (Wildman–Crippen MR) is 244 cm³/mol. The van der Waals surface area contributed by atoms with Gasteiger partial charge in [-0.2, -0.15) is 4.98 Å². The zero-order valence-electron chi connectivity index (χ0n) is 30.9. The fourth-order valence-electron chi connectivity index (χ4n) is 10.0. The molecule has 8 aromatic carbocycles. The summed E-state index contributed by atoms with van der Waals surface area (Å²) < 4.78 is 8.40. The molecule has 0 fully saturated rings. The highest BCUT2D eigenvalue weighted by atomic mass is 32.1. The summed E-state index contributed by atoms with van der Waals surface area (Å²) in [5, 5.41) is 12.0. The Bertz CT molecular complexity index is 3980. The minimum atomic E-state index is 0.665. The number of rotatable bonds is 3. The number of aromatic nitrogens is 5. The van der Waals surface area contributed by atoms with E-state index in [2.05, 4.69) is 189 Å². The molecule has 6 heterocycles. The van der Waals surface area contributed by atoms with Gasteiger partial charge in [-0.05, 0) is 53.6 Å². The molecule has 6 aromatic heterocycles. The quantitative estimate of drug-likeness (QED) is 0.180. The average Bonchev–Trinajstić information content (AvgIpc) is 4.08. The Hall–Kier alpha value is -7.54. The zero-order valence-corrected chi connectivity index (χ0v) is 31.7. The summed E-state index contributed by atoms with van der Waals surface area (Å²) >= 11 is 1.74. The third kappa shape index (κ3) is 3.85. The van der Waals surface area contributed by atoms with Crippen molar-refractivity contribution < 1.29 is 0 Å². The van der Waals surface area contributed by atoms with Gasteiger partial charge in [0.15, 0.2) is 5.82 Å². The van der Waals surface area contributed by atoms with E-state index < -0.39 is 0 Å². The summed E-state index contributed by atoms with van der Waals surface area (Å²) in [6.07, 6.45) is 0. The molecule has 0 spiro atoms. The summed E-state index contributed by atoms with van der Waals surface area (Å²) in [5.41, 5.74) is 10.5. The molecule has 6 heteroatoms. The SMILES string of the molecule is c1ccc(-c2ccc3c4cc5c6ccccc6n(-c6nc(-n7c8ccccc8c8ccccc87)nc7sc8ccccc8c67)c5c5c6ccccc6n(c3c2)c45)cc1. The van der Waals surface area contributed by atoms with Crippen LogP contribution in [-0.4, -0.2) is 23.5 Å². The predicted octanol–water partition coefficient (Wildman–Crippen LogP) is 13.9. The van der Waals surface area contributed by atoms with Gasteiger partial charge in [0, 0.05) is 53.2 Å². The Labute approximate surface area is 334 Å². The van der Waals surface area contributed by atoms with Gasteiger partial charge in [-0.1, -0.05) is 133 Å². The Kier molecular flexibility index (Phi) is 5.85. The highest BCUT2D eigenvalue weighted by Crippen LogP contribution is 2.48. The minimum absolute atomic E-state index is 0.665. The van der Waals surface area contributed by atoms with Crippen LogP contribution in [-0.2, 0) is 0 Å². The second kappa shape index (κ2) is 11.1. The second-order valence-corrected chi connectivity index (χ2v) is 16.4. The van der Waals surface area contributed by atoms with E-state index in [1.165, 1.54) is 75.5 Å². The minimum Gasteiger partial charge on any atom is -0.308 e. The largest absolute Gasteiger partial charge is 0.308 e. The van der Waals surface area contributed by atoms with Crippen molar-refractivity contribution >= 4 is 113 Å². The van der Waals surface area contributed by atoms with Crippen LogP contribution in [0.2, 0.25) is 0 Å². The van der Waals surface area contributed by atoms with Crippen LogP contribution in [0.1, 0.15) is 0 Å². The topological polar surface area (TPSA) is 40.0 Å². The van der Waals surface area contributed by atoms with E-state index in [1.807, 2.05) is 0 Å². The lowest BCUT2D eigenvalue weighted by molar-refractivity contribution is 0.977. The van der Waals surface area contributed by atoms with Gasteiger partial charge in [-0.15, -0.1) is 11.3 Å². The van der Waals surface area contributed by atoms with Crippen molar-refractivity contribution in [2.75, 3.05) is 0 Å². The lowest BCUT2D eigenvalue weighted by Crippen LogP contribution is -2.06. The molecule has 0 saturated carbocycles. The number of thiophene rings is 1. The molecule has 0 amide bonds. The van der Waals surface area contributed by atoms with Gasteiger partial charge in [0.2, 0.25) is 5.95 Å². The first-order chi connectivity index (χ1) is 28.8. The Balaban J connectivity index is 1.19. The van der Waals surface area contributed by atoms with Crippen LogP contribution in [0.3, 0.4) is 0 Å². The molecule has 0 aliphatic rings. The first kappa shape index (κ1) is 30.7. The standard InChI is InChI=1S/C52H29N5S/c1-2-14-30(15-3-1)31-26-27-35-39-29-38-34-18-6-11-23-42(34)57(49(38)46-36-19-7-12-24-43(36)55(48(39)46)44(35)28-31)50-47-37-20-8-13-25-45(37)58-51(47)54-52(53-50)56-40-21-9-4-16-32(40)33-17-5-10-22-41(33)56/h1-29H.